The van der Waals surface area contributed by atoms with E-state index in [0.717, 1.165) is 18.9 Å². The largest absolute Gasteiger partial charge is 0.395 e. The molecule has 0 fully saturated rings. The standard InChI is InChI=1S/C11H21N3O/c1-9(2)11(8-15)13-5-7-14-6-4-12-10(14)3/h4,6,9,11,13,15H,5,7-8H2,1-3H3/t11-/m1/s1. The molecular formula is C11H21N3O. The molecule has 0 unspecified atom stereocenters. The summed E-state index contributed by atoms with van der Waals surface area (Å²) in [5.41, 5.74) is 0. The Hall–Kier alpha value is -0.870. The van der Waals surface area contributed by atoms with Gasteiger partial charge in [-0.2, -0.15) is 0 Å². The van der Waals surface area contributed by atoms with Crippen LogP contribution in [0.5, 0.6) is 0 Å². The van der Waals surface area contributed by atoms with E-state index >= 15 is 0 Å². The van der Waals surface area contributed by atoms with Gasteiger partial charge >= 0.3 is 0 Å². The zero-order chi connectivity index (χ0) is 11.3. The highest BCUT2D eigenvalue weighted by Crippen LogP contribution is 2.00. The van der Waals surface area contributed by atoms with E-state index in [0.29, 0.717) is 5.92 Å². The van der Waals surface area contributed by atoms with Gasteiger partial charge in [-0.05, 0) is 12.8 Å². The Morgan fingerprint density at radius 2 is 2.27 bits per heavy atom. The van der Waals surface area contributed by atoms with Gasteiger partial charge in [0.25, 0.3) is 0 Å². The first-order valence-corrected chi connectivity index (χ1v) is 5.47. The van der Waals surface area contributed by atoms with Gasteiger partial charge in [0.15, 0.2) is 0 Å². The monoisotopic (exact) mass is 211 g/mol. The first-order chi connectivity index (χ1) is 7.15. The van der Waals surface area contributed by atoms with E-state index in [2.05, 4.69) is 28.7 Å². The Labute approximate surface area is 91.3 Å². The van der Waals surface area contributed by atoms with E-state index in [-0.39, 0.29) is 12.6 Å². The molecule has 15 heavy (non-hydrogen) atoms. The molecule has 1 rings (SSSR count). The Morgan fingerprint density at radius 1 is 1.53 bits per heavy atom. The Balaban J connectivity index is 2.29. The Kier molecular flexibility index (Phi) is 4.78. The molecule has 0 amide bonds. The molecule has 0 aliphatic carbocycles. The maximum Gasteiger partial charge on any atom is 0.105 e. The van der Waals surface area contributed by atoms with Gasteiger partial charge < -0.3 is 15.0 Å². The summed E-state index contributed by atoms with van der Waals surface area (Å²) in [5, 5.41) is 12.5. The van der Waals surface area contributed by atoms with Crippen LogP contribution in [0.1, 0.15) is 19.7 Å². The lowest BCUT2D eigenvalue weighted by molar-refractivity contribution is 0.210. The number of nitrogens with zero attached hydrogens (tertiary/aromatic N) is 2. The third-order valence-electron chi connectivity index (χ3n) is 2.68. The lowest BCUT2D eigenvalue weighted by Gasteiger charge is -2.20. The number of aryl methyl sites for hydroxylation is 1. The van der Waals surface area contributed by atoms with Gasteiger partial charge in [0.1, 0.15) is 5.82 Å². The summed E-state index contributed by atoms with van der Waals surface area (Å²) in [4.78, 5) is 4.16. The fraction of sp³-hybridized carbons (Fsp3) is 0.727. The average Bonchev–Trinajstić information content (AvgIpc) is 2.58. The molecule has 0 saturated heterocycles. The van der Waals surface area contributed by atoms with E-state index in [1.807, 2.05) is 13.1 Å². The van der Waals surface area contributed by atoms with Gasteiger partial charge in [-0.25, -0.2) is 4.98 Å². The molecule has 0 aliphatic heterocycles. The fourth-order valence-electron chi connectivity index (χ4n) is 1.52. The number of aromatic nitrogens is 2. The maximum atomic E-state index is 9.13. The Morgan fingerprint density at radius 3 is 2.73 bits per heavy atom. The minimum atomic E-state index is 0.189. The molecule has 0 aliphatic rings. The number of nitrogens with one attached hydrogen (secondary N) is 1. The van der Waals surface area contributed by atoms with Crippen LogP contribution < -0.4 is 5.32 Å². The van der Waals surface area contributed by atoms with Crippen LogP contribution in [-0.4, -0.2) is 33.9 Å². The topological polar surface area (TPSA) is 50.1 Å². The zero-order valence-electron chi connectivity index (χ0n) is 9.77. The quantitative estimate of drug-likeness (QED) is 0.731. The van der Waals surface area contributed by atoms with Crippen molar-refractivity contribution in [1.82, 2.24) is 14.9 Å². The summed E-state index contributed by atoms with van der Waals surface area (Å²) in [6.07, 6.45) is 3.78. The second-order valence-electron chi connectivity index (χ2n) is 4.16. The average molecular weight is 211 g/mol. The molecule has 0 radical (unpaired) electrons. The number of hydrogen-bond donors (Lipinski definition) is 2. The molecule has 1 aromatic heterocycles. The van der Waals surface area contributed by atoms with Crippen LogP contribution in [-0.2, 0) is 6.54 Å². The zero-order valence-corrected chi connectivity index (χ0v) is 9.77. The molecule has 0 spiro atoms. The van der Waals surface area contributed by atoms with E-state index in [1.165, 1.54) is 0 Å². The van der Waals surface area contributed by atoms with Gasteiger partial charge in [0.2, 0.25) is 0 Å². The highest BCUT2D eigenvalue weighted by molar-refractivity contribution is 4.88. The summed E-state index contributed by atoms with van der Waals surface area (Å²) in [6.45, 7) is 8.16. The molecule has 4 nitrogen and oxygen atoms in total. The van der Waals surface area contributed by atoms with Crippen molar-refractivity contribution < 1.29 is 5.11 Å². The van der Waals surface area contributed by atoms with Gasteiger partial charge in [0, 0.05) is 31.5 Å². The molecule has 1 heterocycles. The summed E-state index contributed by atoms with van der Waals surface area (Å²) < 4.78 is 2.10. The molecule has 4 heteroatoms. The minimum Gasteiger partial charge on any atom is -0.395 e. The molecular weight excluding hydrogens is 190 g/mol. The van der Waals surface area contributed by atoms with Crippen LogP contribution in [0.2, 0.25) is 0 Å². The first kappa shape index (κ1) is 12.2. The van der Waals surface area contributed by atoms with Gasteiger partial charge in [-0.15, -0.1) is 0 Å². The number of imidazole rings is 1. The van der Waals surface area contributed by atoms with Gasteiger partial charge in [-0.1, -0.05) is 13.8 Å². The van der Waals surface area contributed by atoms with Crippen LogP contribution in [0, 0.1) is 12.8 Å². The van der Waals surface area contributed by atoms with E-state index < -0.39 is 0 Å². The van der Waals surface area contributed by atoms with E-state index in [9.17, 15) is 0 Å². The third kappa shape index (κ3) is 3.64. The van der Waals surface area contributed by atoms with E-state index in [4.69, 9.17) is 5.11 Å². The van der Waals surface area contributed by atoms with Crippen LogP contribution in [0.25, 0.3) is 0 Å². The summed E-state index contributed by atoms with van der Waals surface area (Å²) >= 11 is 0. The predicted octanol–water partition coefficient (Wildman–Crippen LogP) is 0.798. The molecule has 2 N–H and O–H groups in total. The third-order valence-corrected chi connectivity index (χ3v) is 2.68. The number of hydrogen-bond acceptors (Lipinski definition) is 3. The van der Waals surface area contributed by atoms with Crippen molar-refractivity contribution in [1.29, 1.82) is 0 Å². The highest BCUT2D eigenvalue weighted by atomic mass is 16.3. The maximum absolute atomic E-state index is 9.13. The lowest BCUT2D eigenvalue weighted by Crippen LogP contribution is -2.38. The van der Waals surface area contributed by atoms with Crippen molar-refractivity contribution in [3.63, 3.8) is 0 Å². The number of aliphatic hydroxyl groups excluding tert-OH is 1. The lowest BCUT2D eigenvalue weighted by atomic mass is 10.1. The van der Waals surface area contributed by atoms with Crippen LogP contribution in [0.3, 0.4) is 0 Å². The van der Waals surface area contributed by atoms with Crippen LogP contribution in [0.4, 0.5) is 0 Å². The molecule has 0 aromatic carbocycles. The van der Waals surface area contributed by atoms with E-state index in [1.54, 1.807) is 6.20 Å². The molecule has 1 aromatic rings. The van der Waals surface area contributed by atoms with Gasteiger partial charge in [-0.3, -0.25) is 0 Å². The van der Waals surface area contributed by atoms with Crippen molar-refractivity contribution >= 4 is 0 Å². The first-order valence-electron chi connectivity index (χ1n) is 5.47. The molecule has 0 bridgehead atoms. The van der Waals surface area contributed by atoms with Crippen molar-refractivity contribution in [3.8, 4) is 0 Å². The number of rotatable bonds is 6. The second kappa shape index (κ2) is 5.88. The SMILES string of the molecule is Cc1nccn1CCN[C@H](CO)C(C)C. The van der Waals surface area contributed by atoms with Crippen molar-refractivity contribution in [2.45, 2.75) is 33.4 Å². The minimum absolute atomic E-state index is 0.189. The second-order valence-corrected chi connectivity index (χ2v) is 4.16. The Bertz CT molecular complexity index is 283. The van der Waals surface area contributed by atoms with Crippen molar-refractivity contribution in [2.75, 3.05) is 13.2 Å². The molecule has 86 valence electrons. The normalized spacial score (nSPS) is 13.4. The molecule has 1 atom stereocenters. The summed E-state index contributed by atoms with van der Waals surface area (Å²) in [7, 11) is 0. The highest BCUT2D eigenvalue weighted by Gasteiger charge is 2.10. The van der Waals surface area contributed by atoms with Gasteiger partial charge in [0.05, 0.1) is 6.61 Å². The predicted molar refractivity (Wildman–Crippen MR) is 60.7 cm³/mol. The smallest absolute Gasteiger partial charge is 0.105 e. The summed E-state index contributed by atoms with van der Waals surface area (Å²) in [6, 6.07) is 0.189. The summed E-state index contributed by atoms with van der Waals surface area (Å²) in [5.74, 6) is 1.49. The van der Waals surface area contributed by atoms with Crippen molar-refractivity contribution in [3.05, 3.63) is 18.2 Å². The van der Waals surface area contributed by atoms with Crippen LogP contribution >= 0.6 is 0 Å². The number of aliphatic hydroxyl groups is 1. The van der Waals surface area contributed by atoms with Crippen molar-refractivity contribution in [2.24, 2.45) is 5.92 Å². The van der Waals surface area contributed by atoms with Crippen LogP contribution in [0.15, 0.2) is 12.4 Å². The molecule has 0 saturated carbocycles. The fourth-order valence-corrected chi connectivity index (χ4v) is 1.52.